The zero-order chi connectivity index (χ0) is 30.8. The van der Waals surface area contributed by atoms with Crippen LogP contribution in [0.15, 0.2) is 103 Å². The first-order valence-electron chi connectivity index (χ1n) is 16.3. The summed E-state index contributed by atoms with van der Waals surface area (Å²) in [7, 11) is 0. The summed E-state index contributed by atoms with van der Waals surface area (Å²) in [5, 5.41) is 11.6. The minimum atomic E-state index is -0.0911. The number of fused-ring (bicyclic) bond motifs is 2. The van der Waals surface area contributed by atoms with Crippen LogP contribution < -0.4 is 4.74 Å². The molecule has 5 heteroatoms. The summed E-state index contributed by atoms with van der Waals surface area (Å²) in [6.45, 7) is 5.77. The largest absolute Gasteiger partial charge is 0.487 e. The Morgan fingerprint density at radius 2 is 1.53 bits per heavy atom. The second-order valence-corrected chi connectivity index (χ2v) is 13.1. The minimum absolute atomic E-state index is 0.0911. The standard InChI is InChI=1S/C40H41N3O2/c1-28(2)30-13-15-32(16-14-30)31-11-9-29(10-12-31)25-43-38-20-19-35(45-26-34-18-17-33-7-3-4-8-36(33)41-34)23-37(38)42-39(43)24-40(27-44)21-5-6-22-40/h3-4,7-20,23,28,44H,5-6,21-22,24-27H2,1-2H3. The van der Waals surface area contributed by atoms with Gasteiger partial charge in [0.15, 0.2) is 0 Å². The highest BCUT2D eigenvalue weighted by Gasteiger charge is 2.35. The van der Waals surface area contributed by atoms with Crippen molar-refractivity contribution in [3.05, 3.63) is 126 Å². The number of benzene rings is 4. The van der Waals surface area contributed by atoms with Gasteiger partial charge in [-0.15, -0.1) is 0 Å². The van der Waals surface area contributed by atoms with Gasteiger partial charge in [0.1, 0.15) is 18.2 Å². The number of hydrogen-bond acceptors (Lipinski definition) is 4. The first kappa shape index (κ1) is 29.2. The molecule has 0 unspecified atom stereocenters. The molecule has 7 rings (SSSR count). The Kier molecular flexibility index (Phi) is 8.12. The average Bonchev–Trinajstić information content (AvgIpc) is 3.68. The van der Waals surface area contributed by atoms with Crippen LogP contribution in [0.25, 0.3) is 33.1 Å². The predicted molar refractivity (Wildman–Crippen MR) is 183 cm³/mol. The normalized spacial score (nSPS) is 14.5. The monoisotopic (exact) mass is 595 g/mol. The van der Waals surface area contributed by atoms with Gasteiger partial charge in [0.2, 0.25) is 0 Å². The van der Waals surface area contributed by atoms with Crippen molar-refractivity contribution in [2.75, 3.05) is 6.61 Å². The van der Waals surface area contributed by atoms with Gasteiger partial charge >= 0.3 is 0 Å². The van der Waals surface area contributed by atoms with Crippen LogP contribution >= 0.6 is 0 Å². The SMILES string of the molecule is CC(C)c1ccc(-c2ccc(Cn3c(CC4(CO)CCCC4)nc4cc(OCc5ccc6ccccc6n5)ccc43)cc2)cc1. The first-order chi connectivity index (χ1) is 22.0. The number of imidazole rings is 1. The molecule has 1 aliphatic rings. The van der Waals surface area contributed by atoms with Crippen molar-refractivity contribution in [1.82, 2.24) is 14.5 Å². The Morgan fingerprint density at radius 3 is 2.27 bits per heavy atom. The van der Waals surface area contributed by atoms with Gasteiger partial charge in [-0.05, 0) is 65.3 Å². The van der Waals surface area contributed by atoms with Crippen LogP contribution in [0.4, 0.5) is 0 Å². The number of aliphatic hydroxyl groups excluding tert-OH is 1. The first-order valence-corrected chi connectivity index (χ1v) is 16.3. The van der Waals surface area contributed by atoms with E-state index in [-0.39, 0.29) is 12.0 Å². The van der Waals surface area contributed by atoms with E-state index < -0.39 is 0 Å². The van der Waals surface area contributed by atoms with Crippen molar-refractivity contribution in [3.63, 3.8) is 0 Å². The van der Waals surface area contributed by atoms with Crippen molar-refractivity contribution in [2.45, 2.75) is 65.0 Å². The van der Waals surface area contributed by atoms with Crippen molar-refractivity contribution in [3.8, 4) is 16.9 Å². The van der Waals surface area contributed by atoms with Crippen LogP contribution in [0.1, 0.15) is 68.1 Å². The van der Waals surface area contributed by atoms with Crippen molar-refractivity contribution in [1.29, 1.82) is 0 Å². The van der Waals surface area contributed by atoms with Gasteiger partial charge in [-0.1, -0.05) is 99.5 Å². The molecule has 0 amide bonds. The van der Waals surface area contributed by atoms with E-state index in [1.54, 1.807) is 0 Å². The second kappa shape index (κ2) is 12.5. The summed E-state index contributed by atoms with van der Waals surface area (Å²) in [5.41, 5.74) is 8.82. The maximum Gasteiger partial charge on any atom is 0.130 e. The number of aliphatic hydroxyl groups is 1. The van der Waals surface area contributed by atoms with Crippen molar-refractivity contribution < 1.29 is 9.84 Å². The lowest BCUT2D eigenvalue weighted by Crippen LogP contribution is -2.26. The summed E-state index contributed by atoms with van der Waals surface area (Å²) < 4.78 is 8.55. The quantitative estimate of drug-likeness (QED) is 0.172. The molecular weight excluding hydrogens is 554 g/mol. The van der Waals surface area contributed by atoms with E-state index in [4.69, 9.17) is 14.7 Å². The number of rotatable bonds is 10. The third-order valence-corrected chi connectivity index (χ3v) is 9.58. The van der Waals surface area contributed by atoms with Crippen LogP contribution in [0.2, 0.25) is 0 Å². The number of pyridine rings is 1. The van der Waals surface area contributed by atoms with E-state index in [9.17, 15) is 5.11 Å². The van der Waals surface area contributed by atoms with Crippen LogP contribution in [0.5, 0.6) is 5.75 Å². The molecule has 0 saturated heterocycles. The Labute approximate surface area is 265 Å². The number of aromatic nitrogens is 3. The van der Waals surface area contributed by atoms with Crippen LogP contribution in [0.3, 0.4) is 0 Å². The molecule has 2 aromatic heterocycles. The molecule has 5 nitrogen and oxygen atoms in total. The smallest absolute Gasteiger partial charge is 0.130 e. The molecule has 1 N–H and O–H groups in total. The summed E-state index contributed by atoms with van der Waals surface area (Å²) >= 11 is 0. The number of hydrogen-bond donors (Lipinski definition) is 1. The summed E-state index contributed by atoms with van der Waals surface area (Å²) in [5.74, 6) is 2.33. The molecule has 0 radical (unpaired) electrons. The topological polar surface area (TPSA) is 60.2 Å². The Morgan fingerprint density at radius 1 is 0.800 bits per heavy atom. The summed E-state index contributed by atoms with van der Waals surface area (Å²) in [4.78, 5) is 9.93. The number of para-hydroxylation sites is 1. The van der Waals surface area contributed by atoms with Crippen molar-refractivity contribution in [2.24, 2.45) is 5.41 Å². The molecule has 228 valence electrons. The lowest BCUT2D eigenvalue weighted by Gasteiger charge is -2.26. The Bertz CT molecular complexity index is 1920. The van der Waals surface area contributed by atoms with E-state index >= 15 is 0 Å². The minimum Gasteiger partial charge on any atom is -0.487 e. The fourth-order valence-corrected chi connectivity index (χ4v) is 6.80. The summed E-state index contributed by atoms with van der Waals surface area (Å²) in [6, 6.07) is 36.2. The van der Waals surface area contributed by atoms with Gasteiger partial charge in [-0.2, -0.15) is 0 Å². The van der Waals surface area contributed by atoms with Gasteiger partial charge in [0, 0.05) is 36.4 Å². The average molecular weight is 596 g/mol. The Hall–Kier alpha value is -4.48. The maximum atomic E-state index is 10.4. The third-order valence-electron chi connectivity index (χ3n) is 9.58. The molecule has 1 saturated carbocycles. The van der Waals surface area contributed by atoms with Gasteiger partial charge in [0.25, 0.3) is 0 Å². The highest BCUT2D eigenvalue weighted by atomic mass is 16.5. The highest BCUT2D eigenvalue weighted by molar-refractivity contribution is 5.79. The van der Waals surface area contributed by atoms with Gasteiger partial charge in [-0.3, -0.25) is 0 Å². The zero-order valence-corrected chi connectivity index (χ0v) is 26.2. The molecule has 1 fully saturated rings. The fourth-order valence-electron chi connectivity index (χ4n) is 6.80. The third kappa shape index (κ3) is 6.23. The second-order valence-electron chi connectivity index (χ2n) is 13.1. The Balaban J connectivity index is 1.15. The molecule has 0 atom stereocenters. The fraction of sp³-hybridized carbons (Fsp3) is 0.300. The van der Waals surface area contributed by atoms with E-state index in [1.165, 1.54) is 35.1 Å². The predicted octanol–water partition coefficient (Wildman–Crippen LogP) is 9.10. The maximum absolute atomic E-state index is 10.4. The van der Waals surface area contributed by atoms with Gasteiger partial charge in [-0.25, -0.2) is 9.97 Å². The lowest BCUT2D eigenvalue weighted by molar-refractivity contribution is 0.127. The number of nitrogens with zero attached hydrogens (tertiary/aromatic N) is 3. The van der Waals surface area contributed by atoms with E-state index in [0.29, 0.717) is 12.5 Å². The van der Waals surface area contributed by atoms with Crippen molar-refractivity contribution >= 4 is 21.9 Å². The molecule has 0 spiro atoms. The zero-order valence-electron chi connectivity index (χ0n) is 26.2. The van der Waals surface area contributed by atoms with E-state index in [0.717, 1.165) is 65.0 Å². The molecule has 0 bridgehead atoms. The van der Waals surface area contributed by atoms with Crippen LogP contribution in [0, 0.1) is 5.41 Å². The van der Waals surface area contributed by atoms with E-state index in [1.807, 2.05) is 36.4 Å². The molecule has 1 aliphatic carbocycles. The van der Waals surface area contributed by atoms with Crippen LogP contribution in [-0.2, 0) is 19.6 Å². The molecule has 6 aromatic rings. The number of ether oxygens (including phenoxy) is 1. The molecule has 2 heterocycles. The molecule has 45 heavy (non-hydrogen) atoms. The molecule has 4 aromatic carbocycles. The summed E-state index contributed by atoms with van der Waals surface area (Å²) in [6.07, 6.45) is 5.20. The lowest BCUT2D eigenvalue weighted by atomic mass is 9.83. The van der Waals surface area contributed by atoms with E-state index in [2.05, 4.69) is 85.1 Å². The highest BCUT2D eigenvalue weighted by Crippen LogP contribution is 2.41. The van der Waals surface area contributed by atoms with Gasteiger partial charge < -0.3 is 14.4 Å². The molecular formula is C40H41N3O2. The van der Waals surface area contributed by atoms with Gasteiger partial charge in [0.05, 0.1) is 22.2 Å². The molecule has 0 aliphatic heterocycles. The van der Waals surface area contributed by atoms with Crippen LogP contribution in [-0.4, -0.2) is 26.2 Å².